The highest BCUT2D eigenvalue weighted by molar-refractivity contribution is 5.94. The van der Waals surface area contributed by atoms with Gasteiger partial charge in [-0.2, -0.15) is 0 Å². The number of fused-ring (bicyclic) bond motifs is 1. The van der Waals surface area contributed by atoms with E-state index in [0.717, 1.165) is 24.1 Å². The Morgan fingerprint density at radius 1 is 1.17 bits per heavy atom. The number of nitrogens with one attached hydrogen (secondary N) is 2. The van der Waals surface area contributed by atoms with Crippen molar-refractivity contribution in [2.75, 3.05) is 11.9 Å². The van der Waals surface area contributed by atoms with Crippen molar-refractivity contribution in [1.82, 2.24) is 5.32 Å². The van der Waals surface area contributed by atoms with Gasteiger partial charge in [-0.3, -0.25) is 9.59 Å². The summed E-state index contributed by atoms with van der Waals surface area (Å²) in [6.45, 7) is 0.0433. The van der Waals surface area contributed by atoms with Crippen LogP contribution in [-0.4, -0.2) is 24.5 Å². The summed E-state index contributed by atoms with van der Waals surface area (Å²) >= 11 is 0. The topological polar surface area (TPSA) is 67.4 Å². The van der Waals surface area contributed by atoms with Crippen LogP contribution in [0, 0.1) is 0 Å². The Kier molecular flexibility index (Phi) is 5.16. The molecule has 0 unspecified atom stereocenters. The van der Waals surface area contributed by atoms with E-state index in [0.29, 0.717) is 24.6 Å². The Bertz CT molecular complexity index is 578. The van der Waals surface area contributed by atoms with Gasteiger partial charge >= 0.3 is 0 Å². The highest BCUT2D eigenvalue weighted by Crippen LogP contribution is 2.26. The Hall–Kier alpha value is -2.04. The fraction of sp³-hybridized carbons (Fsp3) is 0.556. The van der Waals surface area contributed by atoms with Crippen molar-refractivity contribution in [1.29, 1.82) is 0 Å². The van der Waals surface area contributed by atoms with Gasteiger partial charge < -0.3 is 15.4 Å². The van der Waals surface area contributed by atoms with Crippen LogP contribution >= 0.6 is 0 Å². The molecule has 0 atom stereocenters. The highest BCUT2D eigenvalue weighted by Gasteiger charge is 2.17. The Morgan fingerprint density at radius 3 is 2.74 bits per heavy atom. The summed E-state index contributed by atoms with van der Waals surface area (Å²) in [5.41, 5.74) is 1.91. The van der Waals surface area contributed by atoms with Crippen molar-refractivity contribution in [3.63, 3.8) is 0 Å². The van der Waals surface area contributed by atoms with Gasteiger partial charge in [0.1, 0.15) is 5.75 Å². The molecular weight excluding hydrogens is 292 g/mol. The molecule has 1 heterocycles. The van der Waals surface area contributed by atoms with E-state index in [1.165, 1.54) is 25.7 Å². The normalized spacial score (nSPS) is 18.5. The van der Waals surface area contributed by atoms with E-state index in [4.69, 9.17) is 4.74 Å². The van der Waals surface area contributed by atoms with Gasteiger partial charge in [-0.1, -0.05) is 25.7 Å². The van der Waals surface area contributed by atoms with E-state index < -0.39 is 0 Å². The number of aryl methyl sites for hydroxylation is 1. The van der Waals surface area contributed by atoms with Crippen LogP contribution in [0.15, 0.2) is 18.2 Å². The Labute approximate surface area is 136 Å². The number of ether oxygens (including phenoxy) is 1. The first kappa shape index (κ1) is 15.8. The zero-order valence-electron chi connectivity index (χ0n) is 13.4. The molecule has 0 aromatic heterocycles. The molecule has 23 heavy (non-hydrogen) atoms. The third-order valence-electron chi connectivity index (χ3n) is 4.56. The van der Waals surface area contributed by atoms with Crippen LogP contribution in [0.3, 0.4) is 0 Å². The minimum Gasteiger partial charge on any atom is -0.484 e. The second kappa shape index (κ2) is 7.49. The molecule has 0 saturated heterocycles. The summed E-state index contributed by atoms with van der Waals surface area (Å²) in [5, 5.41) is 5.91. The molecule has 0 spiro atoms. The average Bonchev–Trinajstić information content (AvgIpc) is 2.81. The minimum absolute atomic E-state index is 0.0433. The van der Waals surface area contributed by atoms with Gasteiger partial charge in [0.25, 0.3) is 5.91 Å². The lowest BCUT2D eigenvalue weighted by molar-refractivity contribution is -0.123. The van der Waals surface area contributed by atoms with Crippen LogP contribution in [-0.2, 0) is 16.0 Å². The molecule has 1 aromatic carbocycles. The minimum atomic E-state index is -0.0528. The first-order valence-corrected chi connectivity index (χ1v) is 8.55. The number of benzene rings is 1. The van der Waals surface area contributed by atoms with E-state index in [1.807, 2.05) is 12.1 Å². The quantitative estimate of drug-likeness (QED) is 0.839. The maximum Gasteiger partial charge on any atom is 0.258 e. The molecule has 5 nitrogen and oxygen atoms in total. The number of carbonyl (C=O) groups is 2. The maximum atomic E-state index is 12.0. The van der Waals surface area contributed by atoms with Gasteiger partial charge in [-0.05, 0) is 43.0 Å². The zero-order chi connectivity index (χ0) is 16.1. The molecule has 2 aliphatic rings. The smallest absolute Gasteiger partial charge is 0.258 e. The molecule has 0 radical (unpaired) electrons. The van der Waals surface area contributed by atoms with E-state index in [1.54, 1.807) is 6.07 Å². The third kappa shape index (κ3) is 4.47. The SMILES string of the molecule is O=C1CCc2cc(OCC(=O)NC3CCCCCC3)ccc2N1. The molecule has 1 aliphatic heterocycles. The Morgan fingerprint density at radius 2 is 1.96 bits per heavy atom. The molecule has 5 heteroatoms. The standard InChI is InChI=1S/C18H24N2O3/c21-17-10-7-13-11-15(8-9-16(13)20-17)23-12-18(22)19-14-5-3-1-2-4-6-14/h8-9,11,14H,1-7,10,12H2,(H,19,22)(H,20,21). The number of hydrogen-bond donors (Lipinski definition) is 2. The second-order valence-corrected chi connectivity index (χ2v) is 6.41. The molecule has 1 fully saturated rings. The summed E-state index contributed by atoms with van der Waals surface area (Å²) in [7, 11) is 0. The van der Waals surface area contributed by atoms with Crippen molar-refractivity contribution in [2.45, 2.75) is 57.4 Å². The Balaban J connectivity index is 1.49. The fourth-order valence-electron chi connectivity index (χ4n) is 3.29. The largest absolute Gasteiger partial charge is 0.484 e. The maximum absolute atomic E-state index is 12.0. The predicted molar refractivity (Wildman–Crippen MR) is 88.5 cm³/mol. The summed E-state index contributed by atoms with van der Waals surface area (Å²) in [6.07, 6.45) is 8.30. The molecule has 1 aromatic rings. The highest BCUT2D eigenvalue weighted by atomic mass is 16.5. The van der Waals surface area contributed by atoms with Gasteiger partial charge in [0.05, 0.1) is 0 Å². The van der Waals surface area contributed by atoms with Crippen molar-refractivity contribution < 1.29 is 14.3 Å². The summed E-state index contributed by atoms with van der Waals surface area (Å²) < 4.78 is 5.61. The van der Waals surface area contributed by atoms with Crippen LogP contribution in [0.2, 0.25) is 0 Å². The van der Waals surface area contributed by atoms with Crippen LogP contribution in [0.1, 0.15) is 50.5 Å². The molecule has 1 saturated carbocycles. The van der Waals surface area contributed by atoms with Gasteiger partial charge in [-0.25, -0.2) is 0 Å². The number of carbonyl (C=O) groups excluding carboxylic acids is 2. The van der Waals surface area contributed by atoms with E-state index in [9.17, 15) is 9.59 Å². The number of amides is 2. The van der Waals surface area contributed by atoms with Crippen molar-refractivity contribution >= 4 is 17.5 Å². The van der Waals surface area contributed by atoms with Gasteiger partial charge in [0.15, 0.2) is 6.61 Å². The molecule has 3 rings (SSSR count). The molecular formula is C18H24N2O3. The van der Waals surface area contributed by atoms with Crippen molar-refractivity contribution in [3.05, 3.63) is 23.8 Å². The zero-order valence-corrected chi connectivity index (χ0v) is 13.4. The predicted octanol–water partition coefficient (Wildman–Crippen LogP) is 2.79. The first-order valence-electron chi connectivity index (χ1n) is 8.55. The monoisotopic (exact) mass is 316 g/mol. The van der Waals surface area contributed by atoms with Crippen LogP contribution < -0.4 is 15.4 Å². The van der Waals surface area contributed by atoms with E-state index in [2.05, 4.69) is 10.6 Å². The summed E-state index contributed by atoms with van der Waals surface area (Å²) in [5.74, 6) is 0.674. The second-order valence-electron chi connectivity index (χ2n) is 6.41. The number of rotatable bonds is 4. The van der Waals surface area contributed by atoms with Gasteiger partial charge in [0.2, 0.25) is 5.91 Å². The number of hydrogen-bond acceptors (Lipinski definition) is 3. The van der Waals surface area contributed by atoms with Crippen LogP contribution in [0.5, 0.6) is 5.75 Å². The van der Waals surface area contributed by atoms with Gasteiger partial charge in [-0.15, -0.1) is 0 Å². The van der Waals surface area contributed by atoms with Crippen molar-refractivity contribution in [3.8, 4) is 5.75 Å². The van der Waals surface area contributed by atoms with Crippen LogP contribution in [0.4, 0.5) is 5.69 Å². The molecule has 0 bridgehead atoms. The third-order valence-corrected chi connectivity index (χ3v) is 4.56. The lowest BCUT2D eigenvalue weighted by Crippen LogP contribution is -2.37. The van der Waals surface area contributed by atoms with Crippen molar-refractivity contribution in [2.24, 2.45) is 0 Å². The molecule has 1 aliphatic carbocycles. The fourth-order valence-corrected chi connectivity index (χ4v) is 3.29. The lowest BCUT2D eigenvalue weighted by atomic mass is 10.0. The average molecular weight is 316 g/mol. The summed E-state index contributed by atoms with van der Waals surface area (Å²) in [6, 6.07) is 5.84. The molecule has 2 amide bonds. The summed E-state index contributed by atoms with van der Waals surface area (Å²) in [4.78, 5) is 23.4. The van der Waals surface area contributed by atoms with E-state index >= 15 is 0 Å². The number of anilines is 1. The van der Waals surface area contributed by atoms with E-state index in [-0.39, 0.29) is 18.4 Å². The van der Waals surface area contributed by atoms with Crippen LogP contribution in [0.25, 0.3) is 0 Å². The first-order chi connectivity index (χ1) is 11.2. The molecule has 2 N–H and O–H groups in total. The van der Waals surface area contributed by atoms with Gasteiger partial charge in [0, 0.05) is 18.2 Å². The lowest BCUT2D eigenvalue weighted by Gasteiger charge is -2.18. The molecule has 124 valence electrons.